The molecule has 3 rings (SSSR count). The lowest BCUT2D eigenvalue weighted by Crippen LogP contribution is -2.56. The van der Waals surface area contributed by atoms with Crippen molar-refractivity contribution >= 4 is 23.1 Å². The second kappa shape index (κ2) is 5.59. The number of rotatable bonds is 3. The average Bonchev–Trinajstić information content (AvgIpc) is 2.44. The lowest BCUT2D eigenvalue weighted by molar-refractivity contribution is 0.0713. The summed E-state index contributed by atoms with van der Waals surface area (Å²) in [5.74, 6) is 0.880. The Kier molecular flexibility index (Phi) is 3.94. The Hall–Kier alpha value is -1.11. The van der Waals surface area contributed by atoms with Crippen LogP contribution in [-0.2, 0) is 4.74 Å². The van der Waals surface area contributed by atoms with Gasteiger partial charge in [-0.15, -0.1) is 0 Å². The van der Waals surface area contributed by atoms with E-state index in [9.17, 15) is 5.11 Å². The SMILES string of the molecule is CC(C)(O)CCN1C[C@@H]2COCCN2c2nc(Cl)ncc21. The Morgan fingerprint density at radius 1 is 1.52 bits per heavy atom. The van der Waals surface area contributed by atoms with Crippen molar-refractivity contribution in [2.45, 2.75) is 31.9 Å². The Morgan fingerprint density at radius 2 is 2.33 bits per heavy atom. The summed E-state index contributed by atoms with van der Waals surface area (Å²) in [6.45, 7) is 7.49. The van der Waals surface area contributed by atoms with Gasteiger partial charge in [0.25, 0.3) is 0 Å². The summed E-state index contributed by atoms with van der Waals surface area (Å²) in [4.78, 5) is 13.0. The quantitative estimate of drug-likeness (QED) is 0.849. The van der Waals surface area contributed by atoms with Gasteiger partial charge in [-0.1, -0.05) is 0 Å². The van der Waals surface area contributed by atoms with Gasteiger partial charge in [-0.05, 0) is 31.9 Å². The number of hydrogen-bond acceptors (Lipinski definition) is 6. The fourth-order valence-corrected chi connectivity index (χ4v) is 2.97. The van der Waals surface area contributed by atoms with E-state index in [4.69, 9.17) is 16.3 Å². The fourth-order valence-electron chi connectivity index (χ4n) is 2.84. The van der Waals surface area contributed by atoms with Crippen molar-refractivity contribution < 1.29 is 9.84 Å². The molecule has 1 aromatic heterocycles. The Labute approximate surface area is 129 Å². The van der Waals surface area contributed by atoms with Crippen LogP contribution in [0.5, 0.6) is 0 Å². The Balaban J connectivity index is 1.88. The van der Waals surface area contributed by atoms with Crippen LogP contribution in [0.25, 0.3) is 0 Å². The van der Waals surface area contributed by atoms with Crippen LogP contribution >= 0.6 is 11.6 Å². The number of morpholine rings is 1. The van der Waals surface area contributed by atoms with E-state index < -0.39 is 5.60 Å². The van der Waals surface area contributed by atoms with Crippen LogP contribution in [0.2, 0.25) is 5.28 Å². The molecule has 7 heteroatoms. The van der Waals surface area contributed by atoms with Crippen molar-refractivity contribution in [3.63, 3.8) is 0 Å². The van der Waals surface area contributed by atoms with Crippen LogP contribution in [0.4, 0.5) is 11.5 Å². The average molecular weight is 313 g/mol. The topological polar surface area (TPSA) is 61.7 Å². The summed E-state index contributed by atoms with van der Waals surface area (Å²) in [5.41, 5.74) is 0.301. The molecule has 0 aliphatic carbocycles. The number of ether oxygens (including phenoxy) is 1. The molecule has 6 nitrogen and oxygen atoms in total. The molecule has 0 unspecified atom stereocenters. The first-order valence-corrected chi connectivity index (χ1v) is 7.66. The van der Waals surface area contributed by atoms with E-state index in [2.05, 4.69) is 19.8 Å². The third kappa shape index (κ3) is 3.22. The highest BCUT2D eigenvalue weighted by atomic mass is 35.5. The highest BCUT2D eigenvalue weighted by molar-refractivity contribution is 6.28. The predicted molar refractivity (Wildman–Crippen MR) is 82.1 cm³/mol. The molecule has 1 saturated heterocycles. The number of hydrogen-bond donors (Lipinski definition) is 1. The molecule has 0 spiro atoms. The molecule has 1 fully saturated rings. The summed E-state index contributed by atoms with van der Waals surface area (Å²) < 4.78 is 5.58. The molecule has 116 valence electrons. The van der Waals surface area contributed by atoms with E-state index >= 15 is 0 Å². The van der Waals surface area contributed by atoms with E-state index in [1.165, 1.54) is 0 Å². The summed E-state index contributed by atoms with van der Waals surface area (Å²) in [6.07, 6.45) is 2.46. The van der Waals surface area contributed by atoms with Gasteiger partial charge in [0.15, 0.2) is 5.82 Å². The number of aliphatic hydroxyl groups is 1. The maximum atomic E-state index is 9.96. The van der Waals surface area contributed by atoms with Crippen LogP contribution in [0.15, 0.2) is 6.20 Å². The molecular weight excluding hydrogens is 292 g/mol. The van der Waals surface area contributed by atoms with Gasteiger partial charge in [0, 0.05) is 19.6 Å². The van der Waals surface area contributed by atoms with Crippen LogP contribution in [-0.4, -0.2) is 59.6 Å². The normalized spacial score (nSPS) is 22.0. The van der Waals surface area contributed by atoms with E-state index in [1.807, 2.05) is 13.8 Å². The number of aromatic nitrogens is 2. The number of fused-ring (bicyclic) bond motifs is 3. The van der Waals surface area contributed by atoms with Gasteiger partial charge in [-0.2, -0.15) is 4.98 Å². The van der Waals surface area contributed by atoms with Gasteiger partial charge < -0.3 is 19.6 Å². The number of nitrogens with zero attached hydrogens (tertiary/aromatic N) is 4. The Morgan fingerprint density at radius 3 is 3.10 bits per heavy atom. The summed E-state index contributed by atoms with van der Waals surface area (Å²) >= 11 is 5.97. The second-order valence-corrected chi connectivity index (χ2v) is 6.62. The van der Waals surface area contributed by atoms with Crippen LogP contribution < -0.4 is 9.80 Å². The van der Waals surface area contributed by atoms with Gasteiger partial charge in [0.2, 0.25) is 5.28 Å². The first kappa shape index (κ1) is 14.8. The smallest absolute Gasteiger partial charge is 0.224 e. The van der Waals surface area contributed by atoms with Crippen molar-refractivity contribution in [2.24, 2.45) is 0 Å². The lowest BCUT2D eigenvalue weighted by Gasteiger charge is -2.45. The molecule has 2 aliphatic heterocycles. The van der Waals surface area contributed by atoms with Gasteiger partial charge in [-0.3, -0.25) is 0 Å². The molecule has 21 heavy (non-hydrogen) atoms. The zero-order chi connectivity index (χ0) is 15.0. The molecule has 2 aliphatic rings. The maximum absolute atomic E-state index is 9.96. The first-order valence-electron chi connectivity index (χ1n) is 7.28. The molecule has 1 atom stereocenters. The van der Waals surface area contributed by atoms with E-state index in [-0.39, 0.29) is 11.3 Å². The fraction of sp³-hybridized carbons (Fsp3) is 0.714. The van der Waals surface area contributed by atoms with Crippen molar-refractivity contribution in [3.8, 4) is 0 Å². The predicted octanol–water partition coefficient (Wildman–Crippen LogP) is 1.32. The zero-order valence-corrected chi connectivity index (χ0v) is 13.2. The summed E-state index contributed by atoms with van der Waals surface area (Å²) in [7, 11) is 0. The minimum absolute atomic E-state index is 0.267. The molecule has 0 amide bonds. The number of halogens is 1. The minimum atomic E-state index is -0.687. The molecule has 1 aromatic rings. The second-order valence-electron chi connectivity index (χ2n) is 6.28. The van der Waals surface area contributed by atoms with E-state index in [0.717, 1.165) is 31.1 Å². The van der Waals surface area contributed by atoms with Gasteiger partial charge >= 0.3 is 0 Å². The molecule has 0 radical (unpaired) electrons. The highest BCUT2D eigenvalue weighted by Gasteiger charge is 2.34. The summed E-state index contributed by atoms with van der Waals surface area (Å²) in [6, 6.07) is 0.277. The highest BCUT2D eigenvalue weighted by Crippen LogP contribution is 2.35. The van der Waals surface area contributed by atoms with Crippen molar-refractivity contribution in [1.29, 1.82) is 0 Å². The largest absolute Gasteiger partial charge is 0.390 e. The lowest BCUT2D eigenvalue weighted by atomic mass is 10.0. The summed E-state index contributed by atoms with van der Waals surface area (Å²) in [5, 5.41) is 10.2. The molecule has 0 aromatic carbocycles. The number of anilines is 2. The van der Waals surface area contributed by atoms with E-state index in [1.54, 1.807) is 6.20 Å². The Bertz CT molecular complexity index is 520. The minimum Gasteiger partial charge on any atom is -0.390 e. The zero-order valence-electron chi connectivity index (χ0n) is 12.4. The monoisotopic (exact) mass is 312 g/mol. The van der Waals surface area contributed by atoms with Crippen LogP contribution in [0.3, 0.4) is 0 Å². The molecule has 1 N–H and O–H groups in total. The standard InChI is InChI=1S/C14H21ClN4O2/c1-14(2,20)3-4-18-8-10-9-21-6-5-19(10)12-11(18)7-16-13(15)17-12/h7,10,20H,3-6,8-9H2,1-2H3/t10-/m1/s1. The van der Waals surface area contributed by atoms with Gasteiger partial charge in [0.05, 0.1) is 36.7 Å². The van der Waals surface area contributed by atoms with Crippen molar-refractivity contribution in [1.82, 2.24) is 9.97 Å². The molecule has 0 bridgehead atoms. The van der Waals surface area contributed by atoms with Crippen LogP contribution in [0, 0.1) is 0 Å². The third-order valence-corrected chi connectivity index (χ3v) is 4.17. The van der Waals surface area contributed by atoms with Crippen molar-refractivity contribution in [2.75, 3.05) is 42.6 Å². The maximum Gasteiger partial charge on any atom is 0.224 e. The van der Waals surface area contributed by atoms with Gasteiger partial charge in [-0.25, -0.2) is 4.98 Å². The van der Waals surface area contributed by atoms with E-state index in [0.29, 0.717) is 19.6 Å². The molecular formula is C14H21ClN4O2. The third-order valence-electron chi connectivity index (χ3n) is 3.99. The van der Waals surface area contributed by atoms with Crippen molar-refractivity contribution in [3.05, 3.63) is 11.5 Å². The molecule has 3 heterocycles. The van der Waals surface area contributed by atoms with Crippen LogP contribution in [0.1, 0.15) is 20.3 Å². The first-order chi connectivity index (χ1) is 9.94. The van der Waals surface area contributed by atoms with Gasteiger partial charge in [0.1, 0.15) is 0 Å². The molecule has 0 saturated carbocycles.